The van der Waals surface area contributed by atoms with Crippen LogP contribution in [0, 0.1) is 5.92 Å². The van der Waals surface area contributed by atoms with Crippen molar-refractivity contribution in [2.75, 3.05) is 24.6 Å². The summed E-state index contributed by atoms with van der Waals surface area (Å²) < 4.78 is 5.03. The van der Waals surface area contributed by atoms with Crippen LogP contribution in [0.25, 0.3) is 0 Å². The number of para-hydroxylation sites is 1. The highest BCUT2D eigenvalue weighted by molar-refractivity contribution is 6.09. The number of rotatable bonds is 5. The molecule has 1 aromatic rings. The summed E-state index contributed by atoms with van der Waals surface area (Å²) in [7, 11) is 0. The lowest BCUT2D eigenvalue weighted by molar-refractivity contribution is -0.150. The fraction of sp³-hybridized carbons (Fsp3) is 0.474. The lowest BCUT2D eigenvalue weighted by Gasteiger charge is -2.20. The van der Waals surface area contributed by atoms with Crippen LogP contribution in [-0.4, -0.2) is 54.0 Å². The SMILES string of the molecule is C[C@@]1(C2CC2)NC(=O)N(CC(=O)OCC(=O)N2CCc3ccccc32)C1=O. The molecule has 1 N–H and O–H groups in total. The van der Waals surface area contributed by atoms with Crippen LogP contribution >= 0.6 is 0 Å². The molecule has 1 aromatic carbocycles. The van der Waals surface area contributed by atoms with E-state index in [2.05, 4.69) is 5.32 Å². The molecule has 2 aliphatic heterocycles. The van der Waals surface area contributed by atoms with Crippen LogP contribution in [0.5, 0.6) is 0 Å². The topological polar surface area (TPSA) is 96.0 Å². The van der Waals surface area contributed by atoms with Crippen molar-refractivity contribution in [3.63, 3.8) is 0 Å². The lowest BCUT2D eigenvalue weighted by Crippen LogP contribution is -2.46. The van der Waals surface area contributed by atoms with Crippen LogP contribution in [-0.2, 0) is 25.5 Å². The lowest BCUT2D eigenvalue weighted by atomic mass is 9.96. The van der Waals surface area contributed by atoms with E-state index in [0.717, 1.165) is 35.4 Å². The van der Waals surface area contributed by atoms with Gasteiger partial charge in [0, 0.05) is 12.2 Å². The second-order valence-corrected chi connectivity index (χ2v) is 7.38. The van der Waals surface area contributed by atoms with Crippen LogP contribution in [0.2, 0.25) is 0 Å². The minimum atomic E-state index is -0.938. The van der Waals surface area contributed by atoms with Gasteiger partial charge in [-0.3, -0.25) is 19.3 Å². The van der Waals surface area contributed by atoms with Gasteiger partial charge in [0.15, 0.2) is 6.61 Å². The number of anilines is 1. The summed E-state index contributed by atoms with van der Waals surface area (Å²) >= 11 is 0. The molecule has 1 saturated carbocycles. The molecule has 8 nitrogen and oxygen atoms in total. The normalized spacial score (nSPS) is 24.0. The zero-order valence-corrected chi connectivity index (χ0v) is 15.1. The number of nitrogens with zero attached hydrogens (tertiary/aromatic N) is 2. The Balaban J connectivity index is 1.32. The Hall–Kier alpha value is -2.90. The molecule has 27 heavy (non-hydrogen) atoms. The van der Waals surface area contributed by atoms with Gasteiger partial charge in [-0.1, -0.05) is 18.2 Å². The zero-order chi connectivity index (χ0) is 19.2. The number of fused-ring (bicyclic) bond motifs is 1. The van der Waals surface area contributed by atoms with Gasteiger partial charge in [-0.25, -0.2) is 4.79 Å². The molecule has 4 amide bonds. The second kappa shape index (κ2) is 6.37. The average Bonchev–Trinajstić information content (AvgIpc) is 3.39. The first-order valence-corrected chi connectivity index (χ1v) is 9.08. The standard InChI is InChI=1S/C19H21N3O5/c1-19(13-6-7-13)17(25)22(18(26)20-19)10-16(24)27-11-15(23)21-9-8-12-4-2-3-5-14(12)21/h2-5,13H,6-11H2,1H3,(H,20,26)/t19-/m0/s1. The highest BCUT2D eigenvalue weighted by atomic mass is 16.5. The second-order valence-electron chi connectivity index (χ2n) is 7.38. The molecule has 142 valence electrons. The molecule has 0 bridgehead atoms. The molecule has 2 fully saturated rings. The van der Waals surface area contributed by atoms with Crippen LogP contribution in [0.1, 0.15) is 25.3 Å². The van der Waals surface area contributed by atoms with Gasteiger partial charge in [-0.05, 0) is 43.7 Å². The molecule has 0 aromatic heterocycles. The summed E-state index contributed by atoms with van der Waals surface area (Å²) in [5.41, 5.74) is 0.968. The first-order valence-electron chi connectivity index (χ1n) is 9.08. The van der Waals surface area contributed by atoms with E-state index >= 15 is 0 Å². The maximum atomic E-state index is 12.5. The molecular formula is C19H21N3O5. The quantitative estimate of drug-likeness (QED) is 0.611. The van der Waals surface area contributed by atoms with E-state index in [0.29, 0.717) is 6.54 Å². The van der Waals surface area contributed by atoms with E-state index in [1.807, 2.05) is 24.3 Å². The highest BCUT2D eigenvalue weighted by Gasteiger charge is 2.56. The van der Waals surface area contributed by atoms with Gasteiger partial charge in [0.05, 0.1) is 0 Å². The molecule has 1 aliphatic carbocycles. The molecule has 4 rings (SSSR count). The van der Waals surface area contributed by atoms with Crippen LogP contribution in [0.3, 0.4) is 0 Å². The fourth-order valence-corrected chi connectivity index (χ4v) is 3.79. The Morgan fingerprint density at radius 2 is 2.00 bits per heavy atom. The van der Waals surface area contributed by atoms with Crippen molar-refractivity contribution in [1.29, 1.82) is 0 Å². The Labute approximate surface area is 156 Å². The van der Waals surface area contributed by atoms with Gasteiger partial charge in [0.1, 0.15) is 12.1 Å². The van der Waals surface area contributed by atoms with Crippen LogP contribution in [0.4, 0.5) is 10.5 Å². The van der Waals surface area contributed by atoms with Gasteiger partial charge in [-0.2, -0.15) is 0 Å². The number of hydrogen-bond acceptors (Lipinski definition) is 5. The molecule has 1 saturated heterocycles. The third-order valence-electron chi connectivity index (χ3n) is 5.53. The molecule has 2 heterocycles. The van der Waals surface area contributed by atoms with E-state index < -0.39 is 36.6 Å². The highest BCUT2D eigenvalue weighted by Crippen LogP contribution is 2.42. The van der Waals surface area contributed by atoms with Gasteiger partial charge in [-0.15, -0.1) is 0 Å². The molecular weight excluding hydrogens is 350 g/mol. The Bertz CT molecular complexity index is 834. The summed E-state index contributed by atoms with van der Waals surface area (Å²) in [6, 6.07) is 6.99. The van der Waals surface area contributed by atoms with E-state index in [1.54, 1.807) is 11.8 Å². The van der Waals surface area contributed by atoms with Crippen molar-refractivity contribution < 1.29 is 23.9 Å². The first kappa shape index (κ1) is 17.5. The Morgan fingerprint density at radius 3 is 2.74 bits per heavy atom. The van der Waals surface area contributed by atoms with Crippen molar-refractivity contribution in [3.05, 3.63) is 29.8 Å². The summed E-state index contributed by atoms with van der Waals surface area (Å²) in [6.45, 7) is 1.32. The molecule has 8 heteroatoms. The number of ether oxygens (including phenoxy) is 1. The maximum Gasteiger partial charge on any atom is 0.326 e. The third kappa shape index (κ3) is 3.05. The minimum absolute atomic E-state index is 0.117. The number of benzene rings is 1. The minimum Gasteiger partial charge on any atom is -0.454 e. The summed E-state index contributed by atoms with van der Waals surface area (Å²) in [4.78, 5) is 51.5. The number of carbonyl (C=O) groups excluding carboxylic acids is 4. The maximum absolute atomic E-state index is 12.5. The molecule has 1 atom stereocenters. The number of amides is 4. The largest absolute Gasteiger partial charge is 0.454 e. The predicted molar refractivity (Wildman–Crippen MR) is 94.8 cm³/mol. The summed E-state index contributed by atoms with van der Waals surface area (Å²) in [6.07, 6.45) is 2.53. The van der Waals surface area contributed by atoms with Crippen molar-refractivity contribution >= 4 is 29.5 Å². The fourth-order valence-electron chi connectivity index (χ4n) is 3.79. The van der Waals surface area contributed by atoms with Gasteiger partial charge in [0.25, 0.3) is 11.8 Å². The summed E-state index contributed by atoms with van der Waals surface area (Å²) in [5, 5.41) is 2.67. The van der Waals surface area contributed by atoms with Gasteiger partial charge >= 0.3 is 12.0 Å². The Kier molecular flexibility index (Phi) is 4.13. The molecule has 3 aliphatic rings. The number of nitrogens with one attached hydrogen (secondary N) is 1. The number of carbonyl (C=O) groups is 4. The van der Waals surface area contributed by atoms with E-state index in [9.17, 15) is 19.2 Å². The van der Waals surface area contributed by atoms with Crippen LogP contribution < -0.4 is 10.2 Å². The van der Waals surface area contributed by atoms with Gasteiger partial charge in [0.2, 0.25) is 0 Å². The van der Waals surface area contributed by atoms with Crippen molar-refractivity contribution in [3.8, 4) is 0 Å². The van der Waals surface area contributed by atoms with Gasteiger partial charge < -0.3 is 15.0 Å². The zero-order valence-electron chi connectivity index (χ0n) is 15.1. The van der Waals surface area contributed by atoms with Crippen LogP contribution in [0.15, 0.2) is 24.3 Å². The van der Waals surface area contributed by atoms with Crippen molar-refractivity contribution in [1.82, 2.24) is 10.2 Å². The Morgan fingerprint density at radius 1 is 1.26 bits per heavy atom. The predicted octanol–water partition coefficient (Wildman–Crippen LogP) is 0.839. The molecule has 0 spiro atoms. The smallest absolute Gasteiger partial charge is 0.326 e. The number of hydrogen-bond donors (Lipinski definition) is 1. The first-order chi connectivity index (χ1) is 12.9. The number of urea groups is 1. The molecule has 0 unspecified atom stereocenters. The van der Waals surface area contributed by atoms with Crippen molar-refractivity contribution in [2.45, 2.75) is 31.7 Å². The van der Waals surface area contributed by atoms with E-state index in [4.69, 9.17) is 4.74 Å². The van der Waals surface area contributed by atoms with E-state index in [-0.39, 0.29) is 11.8 Å². The average molecular weight is 371 g/mol. The number of esters is 1. The third-order valence-corrected chi connectivity index (χ3v) is 5.53. The molecule has 0 radical (unpaired) electrons. The van der Waals surface area contributed by atoms with E-state index in [1.165, 1.54) is 0 Å². The monoisotopic (exact) mass is 371 g/mol. The van der Waals surface area contributed by atoms with Crippen molar-refractivity contribution in [2.24, 2.45) is 5.92 Å². The summed E-state index contributed by atoms with van der Waals surface area (Å²) in [5.74, 6) is -1.40. The number of imide groups is 1.